The van der Waals surface area contributed by atoms with Gasteiger partial charge in [0.1, 0.15) is 0 Å². The number of hydrogen-bond acceptors (Lipinski definition) is 1. The Bertz CT molecular complexity index is 244. The van der Waals surface area contributed by atoms with Crippen LogP contribution in [0.3, 0.4) is 0 Å². The molecule has 1 aliphatic heterocycles. The van der Waals surface area contributed by atoms with Gasteiger partial charge < -0.3 is 4.74 Å². The first-order valence-electron chi connectivity index (χ1n) is 8.61. The normalized spacial score (nSPS) is 22.8. The molecule has 2 atom stereocenters. The van der Waals surface area contributed by atoms with Crippen LogP contribution in [0.2, 0.25) is 0 Å². The third kappa shape index (κ3) is 7.15. The fourth-order valence-electron chi connectivity index (χ4n) is 2.91. The van der Waals surface area contributed by atoms with Crippen LogP contribution in [0.25, 0.3) is 0 Å². The van der Waals surface area contributed by atoms with Crippen LogP contribution in [0.15, 0.2) is 11.6 Å². The molecule has 1 heterocycles. The minimum Gasteiger partial charge on any atom is -0.367 e. The Kier molecular flexibility index (Phi) is 9.24. The van der Waals surface area contributed by atoms with Gasteiger partial charge in [0.25, 0.3) is 0 Å². The molecule has 0 bridgehead atoms. The van der Waals surface area contributed by atoms with Crippen molar-refractivity contribution in [3.63, 3.8) is 0 Å². The molecule has 1 aliphatic rings. The minimum atomic E-state index is 0.415. The quantitative estimate of drug-likeness (QED) is 0.327. The molecule has 1 rings (SSSR count). The number of unbranched alkanes of at least 4 members (excludes halogenated alkanes) is 7. The summed E-state index contributed by atoms with van der Waals surface area (Å²) in [5.41, 5.74) is 1.48. The molecule has 0 unspecified atom stereocenters. The van der Waals surface area contributed by atoms with Crippen LogP contribution in [0.5, 0.6) is 0 Å². The van der Waals surface area contributed by atoms with E-state index in [-0.39, 0.29) is 0 Å². The van der Waals surface area contributed by atoms with Crippen molar-refractivity contribution in [2.75, 3.05) is 0 Å². The predicted octanol–water partition coefficient (Wildman–Crippen LogP) is 6.03. The average molecular weight is 266 g/mol. The summed E-state index contributed by atoms with van der Waals surface area (Å²) in [6, 6.07) is 0. The first kappa shape index (κ1) is 16.8. The van der Waals surface area contributed by atoms with Gasteiger partial charge in [0, 0.05) is 0 Å². The maximum Gasteiger partial charge on any atom is 0.0791 e. The van der Waals surface area contributed by atoms with Gasteiger partial charge in [-0.05, 0) is 25.3 Å². The Labute approximate surface area is 120 Å². The lowest BCUT2D eigenvalue weighted by molar-refractivity contribution is 0.0445. The molecule has 0 spiro atoms. The number of ether oxygens (including phenoxy) is 1. The van der Waals surface area contributed by atoms with Gasteiger partial charge in [0.2, 0.25) is 0 Å². The van der Waals surface area contributed by atoms with Crippen LogP contribution in [-0.2, 0) is 4.74 Å². The second-order valence-electron chi connectivity index (χ2n) is 6.13. The fraction of sp³-hybridized carbons (Fsp3) is 0.889. The number of hydrogen-bond donors (Lipinski definition) is 0. The third-order valence-electron chi connectivity index (χ3n) is 4.21. The lowest BCUT2D eigenvalue weighted by atomic mass is 10.0. The van der Waals surface area contributed by atoms with E-state index in [2.05, 4.69) is 26.8 Å². The summed E-state index contributed by atoms with van der Waals surface area (Å²) in [4.78, 5) is 0. The molecule has 0 aromatic rings. The summed E-state index contributed by atoms with van der Waals surface area (Å²) in [6.45, 7) is 6.79. The molecule has 0 amide bonds. The SMILES string of the molecule is CCCCCCC[C@H]1C=C(C)[C@@H](CCCCCC)O1. The van der Waals surface area contributed by atoms with E-state index in [4.69, 9.17) is 4.74 Å². The Balaban J connectivity index is 2.09. The molecule has 0 aromatic carbocycles. The fourth-order valence-corrected chi connectivity index (χ4v) is 2.91. The molecule has 0 saturated carbocycles. The van der Waals surface area contributed by atoms with E-state index in [1.807, 2.05) is 0 Å². The second kappa shape index (κ2) is 10.5. The minimum absolute atomic E-state index is 0.415. The Hall–Kier alpha value is -0.300. The van der Waals surface area contributed by atoms with Crippen molar-refractivity contribution in [2.24, 2.45) is 0 Å². The zero-order valence-electron chi connectivity index (χ0n) is 13.4. The molecule has 0 aromatic heterocycles. The van der Waals surface area contributed by atoms with Crippen molar-refractivity contribution in [1.82, 2.24) is 0 Å². The van der Waals surface area contributed by atoms with Crippen LogP contribution < -0.4 is 0 Å². The van der Waals surface area contributed by atoms with E-state index in [0.29, 0.717) is 12.2 Å². The standard InChI is InChI=1S/C18H34O/c1-4-6-8-10-11-13-17-15-16(3)18(19-17)14-12-9-7-5-2/h15,17-18H,4-14H2,1-3H3/t17-,18+/m0/s1. The molecule has 0 saturated heterocycles. The molecular formula is C18H34O. The lowest BCUT2D eigenvalue weighted by Gasteiger charge is -2.15. The summed E-state index contributed by atoms with van der Waals surface area (Å²) in [5.74, 6) is 0. The maximum atomic E-state index is 6.17. The highest BCUT2D eigenvalue weighted by Crippen LogP contribution is 2.26. The lowest BCUT2D eigenvalue weighted by Crippen LogP contribution is -2.13. The first-order chi connectivity index (χ1) is 9.27. The van der Waals surface area contributed by atoms with E-state index in [0.717, 1.165) is 0 Å². The van der Waals surface area contributed by atoms with Gasteiger partial charge in [-0.3, -0.25) is 0 Å². The topological polar surface area (TPSA) is 9.23 Å². The molecule has 0 N–H and O–H groups in total. The predicted molar refractivity (Wildman–Crippen MR) is 84.6 cm³/mol. The van der Waals surface area contributed by atoms with Crippen molar-refractivity contribution >= 4 is 0 Å². The van der Waals surface area contributed by atoms with Crippen LogP contribution in [0, 0.1) is 0 Å². The summed E-state index contributed by atoms with van der Waals surface area (Å²) in [5, 5.41) is 0. The molecule has 0 aliphatic carbocycles. The van der Waals surface area contributed by atoms with Crippen molar-refractivity contribution in [2.45, 2.75) is 104 Å². The van der Waals surface area contributed by atoms with Gasteiger partial charge in [-0.25, -0.2) is 0 Å². The second-order valence-corrected chi connectivity index (χ2v) is 6.13. The van der Waals surface area contributed by atoms with Crippen LogP contribution in [0.4, 0.5) is 0 Å². The highest BCUT2D eigenvalue weighted by Gasteiger charge is 2.23. The highest BCUT2D eigenvalue weighted by molar-refractivity contribution is 5.13. The van der Waals surface area contributed by atoms with Crippen LogP contribution >= 0.6 is 0 Å². The molecule has 1 heteroatoms. The van der Waals surface area contributed by atoms with E-state index in [1.54, 1.807) is 0 Å². The Morgan fingerprint density at radius 1 is 0.842 bits per heavy atom. The molecule has 1 nitrogen and oxygen atoms in total. The van der Waals surface area contributed by atoms with Crippen molar-refractivity contribution in [1.29, 1.82) is 0 Å². The molecule has 112 valence electrons. The summed E-state index contributed by atoms with van der Waals surface area (Å²) < 4.78 is 6.17. The smallest absolute Gasteiger partial charge is 0.0791 e. The van der Waals surface area contributed by atoms with E-state index >= 15 is 0 Å². The largest absolute Gasteiger partial charge is 0.367 e. The monoisotopic (exact) mass is 266 g/mol. The molecule has 0 fully saturated rings. The van der Waals surface area contributed by atoms with Gasteiger partial charge in [-0.1, -0.05) is 77.7 Å². The number of rotatable bonds is 11. The van der Waals surface area contributed by atoms with Crippen molar-refractivity contribution < 1.29 is 4.74 Å². The van der Waals surface area contributed by atoms with Gasteiger partial charge in [-0.15, -0.1) is 0 Å². The van der Waals surface area contributed by atoms with Crippen LogP contribution in [-0.4, -0.2) is 12.2 Å². The van der Waals surface area contributed by atoms with Gasteiger partial charge in [0.05, 0.1) is 12.2 Å². The first-order valence-corrected chi connectivity index (χ1v) is 8.61. The maximum absolute atomic E-state index is 6.17. The summed E-state index contributed by atoms with van der Waals surface area (Å²) in [6.07, 6.45) is 17.9. The molecule has 19 heavy (non-hydrogen) atoms. The van der Waals surface area contributed by atoms with E-state index in [1.165, 1.54) is 76.2 Å². The zero-order valence-corrected chi connectivity index (χ0v) is 13.4. The van der Waals surface area contributed by atoms with Gasteiger partial charge >= 0.3 is 0 Å². The van der Waals surface area contributed by atoms with E-state index < -0.39 is 0 Å². The Morgan fingerprint density at radius 2 is 1.42 bits per heavy atom. The Morgan fingerprint density at radius 3 is 2.11 bits per heavy atom. The van der Waals surface area contributed by atoms with Crippen molar-refractivity contribution in [3.05, 3.63) is 11.6 Å². The summed E-state index contributed by atoms with van der Waals surface area (Å²) >= 11 is 0. The van der Waals surface area contributed by atoms with E-state index in [9.17, 15) is 0 Å². The average Bonchev–Trinajstić information content (AvgIpc) is 2.75. The third-order valence-corrected chi connectivity index (χ3v) is 4.21. The molecular weight excluding hydrogens is 232 g/mol. The van der Waals surface area contributed by atoms with Gasteiger partial charge in [-0.2, -0.15) is 0 Å². The zero-order chi connectivity index (χ0) is 13.9. The summed E-state index contributed by atoms with van der Waals surface area (Å²) in [7, 11) is 0. The van der Waals surface area contributed by atoms with Crippen molar-refractivity contribution in [3.8, 4) is 0 Å². The van der Waals surface area contributed by atoms with Gasteiger partial charge in [0.15, 0.2) is 0 Å². The highest BCUT2D eigenvalue weighted by atomic mass is 16.5. The molecule has 0 radical (unpaired) electrons. The van der Waals surface area contributed by atoms with Crippen LogP contribution in [0.1, 0.15) is 91.4 Å².